The van der Waals surface area contributed by atoms with Gasteiger partial charge in [-0.3, -0.25) is 0 Å². The molecule has 3 nitrogen and oxygen atoms in total. The second kappa shape index (κ2) is 5.02. The Morgan fingerprint density at radius 2 is 2.27 bits per heavy atom. The number of carbonyl (C=O) groups is 1. The van der Waals surface area contributed by atoms with Crippen LogP contribution in [0, 0.1) is 5.82 Å². The molecule has 1 aromatic carbocycles. The average molecular weight is 229 g/mol. The van der Waals surface area contributed by atoms with E-state index in [4.69, 9.17) is 10.5 Å². The SMILES string of the molecule is CCOC(=O)c1cc(N)c(SC)cc1F. The summed E-state index contributed by atoms with van der Waals surface area (Å²) in [7, 11) is 0. The molecule has 15 heavy (non-hydrogen) atoms. The number of benzene rings is 1. The topological polar surface area (TPSA) is 52.3 Å². The third-order valence-corrected chi connectivity index (χ3v) is 2.61. The van der Waals surface area contributed by atoms with Gasteiger partial charge in [0.05, 0.1) is 12.2 Å². The molecule has 0 atom stereocenters. The largest absolute Gasteiger partial charge is 0.462 e. The molecule has 1 rings (SSSR count). The van der Waals surface area contributed by atoms with Gasteiger partial charge in [-0.15, -0.1) is 11.8 Å². The number of carbonyl (C=O) groups excluding carboxylic acids is 1. The molecule has 0 bridgehead atoms. The molecule has 2 N–H and O–H groups in total. The molecule has 0 amide bonds. The fraction of sp³-hybridized carbons (Fsp3) is 0.300. The highest BCUT2D eigenvalue weighted by molar-refractivity contribution is 7.98. The van der Waals surface area contributed by atoms with E-state index in [1.807, 2.05) is 0 Å². The Morgan fingerprint density at radius 3 is 2.80 bits per heavy atom. The van der Waals surface area contributed by atoms with Crippen molar-refractivity contribution >= 4 is 23.4 Å². The lowest BCUT2D eigenvalue weighted by atomic mass is 10.2. The van der Waals surface area contributed by atoms with Crippen LogP contribution in [0.2, 0.25) is 0 Å². The quantitative estimate of drug-likeness (QED) is 0.491. The van der Waals surface area contributed by atoms with E-state index in [2.05, 4.69) is 0 Å². The summed E-state index contributed by atoms with van der Waals surface area (Å²) in [5, 5.41) is 0. The minimum atomic E-state index is -0.686. The minimum absolute atomic E-state index is 0.118. The van der Waals surface area contributed by atoms with Crippen LogP contribution < -0.4 is 5.73 Å². The summed E-state index contributed by atoms with van der Waals surface area (Å²) in [5.74, 6) is -1.29. The Balaban J connectivity index is 3.10. The zero-order valence-corrected chi connectivity index (χ0v) is 9.36. The smallest absolute Gasteiger partial charge is 0.341 e. The third kappa shape index (κ3) is 2.62. The second-order valence-electron chi connectivity index (χ2n) is 2.79. The van der Waals surface area contributed by atoms with Crippen LogP contribution in [0.15, 0.2) is 17.0 Å². The molecule has 0 unspecified atom stereocenters. The first-order valence-corrected chi connectivity index (χ1v) is 5.62. The number of nitrogens with two attached hydrogens (primary N) is 1. The maximum absolute atomic E-state index is 13.4. The average Bonchev–Trinajstić information content (AvgIpc) is 2.21. The van der Waals surface area contributed by atoms with Crippen molar-refractivity contribution in [3.8, 4) is 0 Å². The van der Waals surface area contributed by atoms with E-state index in [0.717, 1.165) is 0 Å². The Morgan fingerprint density at radius 1 is 1.60 bits per heavy atom. The van der Waals surface area contributed by atoms with E-state index in [0.29, 0.717) is 10.6 Å². The van der Waals surface area contributed by atoms with Gasteiger partial charge in [-0.05, 0) is 25.3 Å². The van der Waals surface area contributed by atoms with Crippen LogP contribution in [0.3, 0.4) is 0 Å². The van der Waals surface area contributed by atoms with Crippen molar-refractivity contribution in [3.63, 3.8) is 0 Å². The number of esters is 1. The van der Waals surface area contributed by atoms with E-state index in [-0.39, 0.29) is 12.2 Å². The minimum Gasteiger partial charge on any atom is -0.462 e. The van der Waals surface area contributed by atoms with Crippen molar-refractivity contribution < 1.29 is 13.9 Å². The number of hydrogen-bond acceptors (Lipinski definition) is 4. The highest BCUT2D eigenvalue weighted by atomic mass is 32.2. The van der Waals surface area contributed by atoms with Crippen LogP contribution in [0.5, 0.6) is 0 Å². The van der Waals surface area contributed by atoms with Gasteiger partial charge in [0.1, 0.15) is 5.82 Å². The summed E-state index contributed by atoms with van der Waals surface area (Å²) in [4.78, 5) is 11.9. The van der Waals surface area contributed by atoms with E-state index < -0.39 is 11.8 Å². The number of nitrogen functional groups attached to an aromatic ring is 1. The van der Waals surface area contributed by atoms with E-state index in [1.54, 1.807) is 13.2 Å². The summed E-state index contributed by atoms with van der Waals surface area (Å²) in [6, 6.07) is 2.55. The lowest BCUT2D eigenvalue weighted by Crippen LogP contribution is -2.08. The number of anilines is 1. The molecule has 0 saturated carbocycles. The van der Waals surface area contributed by atoms with E-state index in [1.165, 1.54) is 23.9 Å². The molecule has 0 heterocycles. The van der Waals surface area contributed by atoms with Gasteiger partial charge in [0.15, 0.2) is 0 Å². The maximum atomic E-state index is 13.4. The second-order valence-corrected chi connectivity index (χ2v) is 3.64. The molecular weight excluding hydrogens is 217 g/mol. The van der Waals surface area contributed by atoms with Gasteiger partial charge >= 0.3 is 5.97 Å². The summed E-state index contributed by atoms with van der Waals surface area (Å²) in [6.45, 7) is 1.87. The first kappa shape index (κ1) is 11.8. The predicted octanol–water partition coefficient (Wildman–Crippen LogP) is 2.31. The van der Waals surface area contributed by atoms with Crippen molar-refractivity contribution in [2.45, 2.75) is 11.8 Å². The van der Waals surface area contributed by atoms with Gasteiger partial charge in [-0.1, -0.05) is 0 Å². The molecule has 0 fully saturated rings. The molecule has 0 aliphatic carbocycles. The van der Waals surface area contributed by atoms with Gasteiger partial charge in [-0.2, -0.15) is 0 Å². The Hall–Kier alpha value is -1.23. The lowest BCUT2D eigenvalue weighted by Gasteiger charge is -2.07. The van der Waals surface area contributed by atoms with Crippen LogP contribution in [-0.2, 0) is 4.74 Å². The number of halogens is 1. The van der Waals surface area contributed by atoms with Crippen LogP contribution >= 0.6 is 11.8 Å². The standard InChI is InChI=1S/C10H12FNO2S/c1-3-14-10(13)6-4-8(12)9(15-2)5-7(6)11/h4-5H,3,12H2,1-2H3. The normalized spacial score (nSPS) is 10.1. The third-order valence-electron chi connectivity index (χ3n) is 1.81. The first-order chi connectivity index (χ1) is 7.10. The van der Waals surface area contributed by atoms with Gasteiger partial charge in [0, 0.05) is 10.6 Å². The molecule has 0 radical (unpaired) electrons. The Labute approximate surface area is 91.8 Å². The molecule has 5 heteroatoms. The molecule has 0 aliphatic heterocycles. The summed E-state index contributed by atoms with van der Waals surface area (Å²) < 4.78 is 18.1. The van der Waals surface area contributed by atoms with Crippen LogP contribution in [0.1, 0.15) is 17.3 Å². The molecule has 0 aliphatic rings. The monoisotopic (exact) mass is 229 g/mol. The summed E-state index contributed by atoms with van der Waals surface area (Å²) >= 11 is 1.33. The maximum Gasteiger partial charge on any atom is 0.341 e. The number of ether oxygens (including phenoxy) is 1. The number of hydrogen-bond donors (Lipinski definition) is 1. The molecule has 1 aromatic rings. The first-order valence-electron chi connectivity index (χ1n) is 4.40. The van der Waals surface area contributed by atoms with Gasteiger partial charge in [-0.25, -0.2) is 9.18 Å². The van der Waals surface area contributed by atoms with Gasteiger partial charge in [0.2, 0.25) is 0 Å². The van der Waals surface area contributed by atoms with E-state index >= 15 is 0 Å². The van der Waals surface area contributed by atoms with Crippen molar-refractivity contribution in [1.82, 2.24) is 0 Å². The van der Waals surface area contributed by atoms with Crippen molar-refractivity contribution in [3.05, 3.63) is 23.5 Å². The zero-order chi connectivity index (χ0) is 11.4. The van der Waals surface area contributed by atoms with Crippen LogP contribution in [0.4, 0.5) is 10.1 Å². The van der Waals surface area contributed by atoms with Gasteiger partial charge in [0.25, 0.3) is 0 Å². The highest BCUT2D eigenvalue weighted by Gasteiger charge is 2.15. The van der Waals surface area contributed by atoms with Crippen molar-refractivity contribution in [2.24, 2.45) is 0 Å². The molecular formula is C10H12FNO2S. The summed E-state index contributed by atoms with van der Waals surface area (Å²) in [6.07, 6.45) is 1.79. The molecule has 0 saturated heterocycles. The van der Waals surface area contributed by atoms with E-state index in [9.17, 15) is 9.18 Å². The summed E-state index contributed by atoms with van der Waals surface area (Å²) in [5.41, 5.74) is 5.90. The molecule has 82 valence electrons. The number of rotatable bonds is 3. The molecule has 0 aromatic heterocycles. The van der Waals surface area contributed by atoms with Crippen LogP contribution in [0.25, 0.3) is 0 Å². The zero-order valence-electron chi connectivity index (χ0n) is 8.54. The van der Waals surface area contributed by atoms with Crippen molar-refractivity contribution in [1.29, 1.82) is 0 Å². The fourth-order valence-electron chi connectivity index (χ4n) is 1.11. The fourth-order valence-corrected chi connectivity index (χ4v) is 1.63. The lowest BCUT2D eigenvalue weighted by molar-refractivity contribution is 0.0521. The highest BCUT2D eigenvalue weighted by Crippen LogP contribution is 2.26. The number of thioether (sulfide) groups is 1. The van der Waals surface area contributed by atoms with Crippen LogP contribution in [-0.4, -0.2) is 18.8 Å². The predicted molar refractivity (Wildman–Crippen MR) is 58.5 cm³/mol. The Bertz CT molecular complexity index is 382. The van der Waals surface area contributed by atoms with Gasteiger partial charge < -0.3 is 10.5 Å². The molecule has 0 spiro atoms. The van der Waals surface area contributed by atoms with Crippen molar-refractivity contribution in [2.75, 3.05) is 18.6 Å². The Kier molecular flexibility index (Phi) is 3.96.